The summed E-state index contributed by atoms with van der Waals surface area (Å²) < 4.78 is 68.1. The van der Waals surface area contributed by atoms with E-state index in [-0.39, 0.29) is 76.3 Å². The zero-order valence-corrected chi connectivity index (χ0v) is 74.7. The van der Waals surface area contributed by atoms with Crippen molar-refractivity contribution in [3.63, 3.8) is 0 Å². The van der Waals surface area contributed by atoms with E-state index in [1.54, 1.807) is 155 Å². The first kappa shape index (κ1) is 88.2. The number of pyridine rings is 2. The average molecular weight is 1830 g/mol. The molecule has 8 N–H and O–H groups in total. The molecule has 658 valence electrons. The maximum absolute atomic E-state index is 13.9. The van der Waals surface area contributed by atoms with Crippen LogP contribution in [0.25, 0.3) is 43.1 Å². The Morgan fingerprint density at radius 3 is 1.16 bits per heavy atom. The fourth-order valence-corrected chi connectivity index (χ4v) is 22.7. The molecule has 0 radical (unpaired) electrons. The van der Waals surface area contributed by atoms with E-state index < -0.39 is 51.6 Å². The summed E-state index contributed by atoms with van der Waals surface area (Å²) in [5, 5.41) is 22.3. The number of fused-ring (bicyclic) bond motifs is 4. The highest BCUT2D eigenvalue weighted by Gasteiger charge is 2.61. The van der Waals surface area contributed by atoms with Gasteiger partial charge in [-0.05, 0) is 211 Å². The van der Waals surface area contributed by atoms with Gasteiger partial charge in [0.05, 0.1) is 40.9 Å². The fourth-order valence-electron chi connectivity index (χ4n) is 18.1. The van der Waals surface area contributed by atoms with Gasteiger partial charge in [0.25, 0.3) is 0 Å². The number of rotatable bonds is 12. The Hall–Kier alpha value is -14.9. The normalized spacial score (nSPS) is 22.1. The number of thiophene rings is 4. The second kappa shape index (κ2) is 35.6. The molecule has 2 unspecified atom stereocenters. The van der Waals surface area contributed by atoms with Gasteiger partial charge in [-0.2, -0.15) is 10.5 Å². The van der Waals surface area contributed by atoms with Gasteiger partial charge in [0.1, 0.15) is 57.3 Å². The molecule has 12 aromatic rings. The van der Waals surface area contributed by atoms with Crippen LogP contribution >= 0.6 is 45.3 Å². The first-order chi connectivity index (χ1) is 63.0. The van der Waals surface area contributed by atoms with Crippen molar-refractivity contribution < 1.29 is 41.1 Å². The zero-order valence-electron chi connectivity index (χ0n) is 71.4. The van der Waals surface area contributed by atoms with Crippen molar-refractivity contribution in [2.75, 3.05) is 100 Å². The number of amides is 4. The van der Waals surface area contributed by atoms with Crippen LogP contribution in [0.2, 0.25) is 0 Å². The van der Waals surface area contributed by atoms with Crippen molar-refractivity contribution in [2.45, 2.75) is 36.0 Å². The Balaban J connectivity index is 0.000000122. The van der Waals surface area contributed by atoms with Crippen LogP contribution in [0, 0.1) is 99.1 Å². The first-order valence-corrected chi connectivity index (χ1v) is 44.8. The molecule has 8 aliphatic heterocycles. The molecular formula is C98H83F5N20O4S4. The van der Waals surface area contributed by atoms with Gasteiger partial charge < -0.3 is 42.5 Å². The minimum absolute atomic E-state index is 0.0360. The second-order valence-corrected chi connectivity index (χ2v) is 36.7. The monoisotopic (exact) mass is 1830 g/mol. The van der Waals surface area contributed by atoms with Gasteiger partial charge in [0, 0.05) is 180 Å². The summed E-state index contributed by atoms with van der Waals surface area (Å²) in [6, 6.07) is 57.0. The highest BCUT2D eigenvalue weighted by molar-refractivity contribution is 7.16. The van der Waals surface area contributed by atoms with E-state index >= 15 is 0 Å². The van der Waals surface area contributed by atoms with Gasteiger partial charge in [-0.3, -0.25) is 48.7 Å². The van der Waals surface area contributed by atoms with Gasteiger partial charge >= 0.3 is 0 Å². The van der Waals surface area contributed by atoms with Crippen LogP contribution < -0.4 is 42.5 Å². The van der Waals surface area contributed by atoms with Gasteiger partial charge in [0.2, 0.25) is 23.6 Å². The second-order valence-electron chi connectivity index (χ2n) is 32.7. The van der Waals surface area contributed by atoms with Crippen LogP contribution in [0.15, 0.2) is 244 Å². The Bertz CT molecular complexity index is 6690. The fraction of sp³-hybridized carbons (Fsp3) is 0.224. The number of aliphatic imine (C=N–C) groups is 4. The van der Waals surface area contributed by atoms with Crippen molar-refractivity contribution in [1.82, 2.24) is 29.6 Å². The van der Waals surface area contributed by atoms with E-state index in [9.17, 15) is 46.4 Å². The molecule has 131 heavy (non-hydrogen) atoms. The molecule has 8 aliphatic rings. The average Bonchev–Trinajstić information content (AvgIpc) is 1.56. The first-order valence-electron chi connectivity index (χ1n) is 41.4. The van der Waals surface area contributed by atoms with E-state index in [0.29, 0.717) is 69.2 Å². The molecule has 0 bridgehead atoms. The topological polar surface area (TPSA) is 321 Å². The summed E-state index contributed by atoms with van der Waals surface area (Å²) in [7, 11) is 6.53. The van der Waals surface area contributed by atoms with Crippen molar-refractivity contribution in [3.05, 3.63) is 294 Å². The quantitative estimate of drug-likeness (QED) is 0.0652. The van der Waals surface area contributed by atoms with Crippen molar-refractivity contribution in [2.24, 2.45) is 66.6 Å². The van der Waals surface area contributed by atoms with E-state index in [0.717, 1.165) is 85.3 Å². The lowest BCUT2D eigenvalue weighted by atomic mass is 9.83. The van der Waals surface area contributed by atoms with Gasteiger partial charge in [-0.15, -0.1) is 57.2 Å². The van der Waals surface area contributed by atoms with Crippen LogP contribution in [0.5, 0.6) is 0 Å². The summed E-state index contributed by atoms with van der Waals surface area (Å²) in [6.07, 6.45) is 7.09. The number of nitriles is 2. The summed E-state index contributed by atoms with van der Waals surface area (Å²) >= 11 is 6.13. The summed E-state index contributed by atoms with van der Waals surface area (Å²) in [4.78, 5) is 101. The van der Waals surface area contributed by atoms with Gasteiger partial charge in [0.15, 0.2) is 23.8 Å². The summed E-state index contributed by atoms with van der Waals surface area (Å²) in [5.74, 6) is 8.68. The van der Waals surface area contributed by atoms with Crippen LogP contribution in [0.4, 0.5) is 44.7 Å². The number of benzene rings is 6. The van der Waals surface area contributed by atoms with Crippen LogP contribution in [-0.4, -0.2) is 158 Å². The molecule has 33 heteroatoms. The number of aromatic nitrogens is 2. The Morgan fingerprint density at radius 1 is 0.366 bits per heavy atom. The third-order valence-corrected chi connectivity index (χ3v) is 29.8. The number of hydrogen-bond donors (Lipinski definition) is 4. The number of guanidine groups is 4. The molecule has 14 heterocycles. The summed E-state index contributed by atoms with van der Waals surface area (Å²) in [5.41, 5.74) is 32.1. The Morgan fingerprint density at radius 2 is 0.748 bits per heavy atom. The number of carbonyl (C=O) groups excluding carboxylic acids is 4. The number of nitrogens with two attached hydrogens (primary N) is 4. The highest BCUT2D eigenvalue weighted by Crippen LogP contribution is 2.54. The lowest BCUT2D eigenvalue weighted by Crippen LogP contribution is -2.54. The van der Waals surface area contributed by atoms with E-state index in [1.165, 1.54) is 91.6 Å². The molecule has 24 nitrogen and oxygen atoms in total. The number of nitrogens with zero attached hydrogens (tertiary/aromatic N) is 16. The zero-order chi connectivity index (χ0) is 92.1. The maximum Gasteiger partial charge on any atom is 0.236 e. The molecule has 4 fully saturated rings. The van der Waals surface area contributed by atoms with E-state index in [1.807, 2.05) is 83.2 Å². The van der Waals surface area contributed by atoms with Crippen molar-refractivity contribution >= 4 is 116 Å². The molecule has 8 atom stereocenters. The molecule has 0 aliphatic carbocycles. The van der Waals surface area contributed by atoms with Crippen LogP contribution in [0.3, 0.4) is 0 Å². The molecule has 20 rings (SSSR count). The lowest BCUT2D eigenvalue weighted by Gasteiger charge is -2.36. The predicted octanol–water partition coefficient (Wildman–Crippen LogP) is 14.1. The maximum atomic E-state index is 13.9. The standard InChI is InChI=1S/2C25H22FN5OS.C24H19F2N5OS.C24H20FN5OS/c1-3-4-16-9-17(12-28-11-16)18-10-22(33-14-18)25-15-31(20-7-5-19(26)6-8-20)13-21(25)23(32)30(2)24(27)29-25;1-3-4-16-11-17(13-28-12-16)21-9-10-22(33-21)25-15-31(19-7-5-18(26)6-8-19)14-20(25)23(32)30(2)24(27)29-25;1-30-22(32)19-11-31(18-4-2-3-17(25)9-18)13-24(19,29-23(30)28)21-8-16(12-33-21)14-5-6-20(26)15(7-14)10-27;1-29-22(31)19-13-30(18-7-5-17(25)6-8-18)14-24(19,28-23(29)27)21-10-9-20(32-21)16-4-2-3-15(11-16)12-26/h5-12,14,21H,13,15H2,1-2H3,(H2,27,29);5-13,20H,14-15H2,1-2H3,(H2,27,29);2-9,12,19H,11,13H2,1H3,(H2,28,29);2-11,19H,13-14H2,1H3,(H2,27,28)/t21?,25-;20-,25-;19?,24-;19-,24-/m0000/s1. The molecule has 4 amide bonds. The van der Waals surface area contributed by atoms with E-state index in [4.69, 9.17) is 48.2 Å². The molecule has 0 spiro atoms. The third-order valence-electron chi connectivity index (χ3n) is 25.0. The Labute approximate surface area is 767 Å². The molecule has 4 saturated heterocycles. The largest absolute Gasteiger partial charge is 0.369 e. The van der Waals surface area contributed by atoms with E-state index in [2.05, 4.69) is 65.9 Å². The number of anilines is 4. The molecular weight excluding hydrogens is 1740 g/mol. The van der Waals surface area contributed by atoms with Gasteiger partial charge in [-0.1, -0.05) is 36.1 Å². The molecule has 6 aromatic heterocycles. The number of halogens is 5. The Kier molecular flexibility index (Phi) is 24.0. The number of carbonyl (C=O) groups is 4. The minimum atomic E-state index is -0.930. The predicted molar refractivity (Wildman–Crippen MR) is 502 cm³/mol. The SMILES string of the molecule is CC#Cc1cncc(-c2ccc([C@]34CN(c5ccc(F)cc5)C[C@H]3C(=O)N(C)C(N)=N4)s2)c1.CC#Cc1cncc(-c2csc([C@]34CN(c5ccc(F)cc5)CC3C(=O)N(C)C(N)=N4)c2)c1.CN1C(=O)C2CN(c3cccc(F)c3)C[C@]2(c2cc(-c3ccc(F)c(C#N)c3)cs2)N=C1N.CN1C(=O)[C@@H]2CN(c3ccc(F)cc3)C[C@]2(c2ccc(-c3cccc(C#N)c3)s2)N=C1N. The molecule has 6 aromatic carbocycles. The van der Waals surface area contributed by atoms with Crippen molar-refractivity contribution in [3.8, 4) is 79.0 Å². The molecule has 0 saturated carbocycles. The summed E-state index contributed by atoms with van der Waals surface area (Å²) in [6.45, 7) is 7.13. The van der Waals surface area contributed by atoms with Crippen LogP contribution in [0.1, 0.15) is 55.6 Å². The highest BCUT2D eigenvalue weighted by atomic mass is 32.1. The number of hydrogen-bond acceptors (Lipinski definition) is 24. The van der Waals surface area contributed by atoms with Crippen LogP contribution in [-0.2, 0) is 41.3 Å². The minimum Gasteiger partial charge on any atom is -0.369 e. The third kappa shape index (κ3) is 16.6. The van der Waals surface area contributed by atoms with Crippen molar-refractivity contribution in [1.29, 1.82) is 10.5 Å². The lowest BCUT2D eigenvalue weighted by molar-refractivity contribution is -0.133. The van der Waals surface area contributed by atoms with Gasteiger partial charge in [-0.25, -0.2) is 41.9 Å². The smallest absolute Gasteiger partial charge is 0.236 e.